The standard InChI is InChI=1S/C11H10O2S/c1-13-10-4-2-3-8(5-10)9-6-11(12)14-7-9/h2-7,12H,1H3. The molecule has 0 radical (unpaired) electrons. The van der Waals surface area contributed by atoms with Crippen molar-refractivity contribution in [3.05, 3.63) is 35.7 Å². The molecule has 0 amide bonds. The Morgan fingerprint density at radius 1 is 1.21 bits per heavy atom. The number of ether oxygens (including phenoxy) is 1. The second kappa shape index (κ2) is 3.72. The van der Waals surface area contributed by atoms with E-state index in [4.69, 9.17) is 4.74 Å². The van der Waals surface area contributed by atoms with Crippen LogP contribution in [0.15, 0.2) is 35.7 Å². The van der Waals surface area contributed by atoms with Gasteiger partial charge in [0.15, 0.2) is 5.06 Å². The lowest BCUT2D eigenvalue weighted by molar-refractivity contribution is 0.415. The summed E-state index contributed by atoms with van der Waals surface area (Å²) in [5.41, 5.74) is 2.08. The first-order chi connectivity index (χ1) is 6.79. The third kappa shape index (κ3) is 1.72. The van der Waals surface area contributed by atoms with E-state index >= 15 is 0 Å². The molecule has 1 N–H and O–H groups in total. The predicted octanol–water partition coefficient (Wildman–Crippen LogP) is 3.13. The highest BCUT2D eigenvalue weighted by Gasteiger charge is 2.02. The van der Waals surface area contributed by atoms with Crippen molar-refractivity contribution in [1.29, 1.82) is 0 Å². The summed E-state index contributed by atoms with van der Waals surface area (Å²) in [6.45, 7) is 0. The smallest absolute Gasteiger partial charge is 0.171 e. The van der Waals surface area contributed by atoms with Crippen molar-refractivity contribution < 1.29 is 9.84 Å². The average Bonchev–Trinajstić information content (AvgIpc) is 2.65. The lowest BCUT2D eigenvalue weighted by atomic mass is 10.1. The van der Waals surface area contributed by atoms with Gasteiger partial charge in [0, 0.05) is 5.38 Å². The second-order valence-electron chi connectivity index (χ2n) is 2.91. The van der Waals surface area contributed by atoms with Gasteiger partial charge >= 0.3 is 0 Å². The number of aromatic hydroxyl groups is 1. The van der Waals surface area contributed by atoms with E-state index in [0.29, 0.717) is 5.06 Å². The molecule has 0 saturated carbocycles. The molecule has 2 nitrogen and oxygen atoms in total. The molecule has 2 rings (SSSR count). The molecule has 14 heavy (non-hydrogen) atoms. The van der Waals surface area contributed by atoms with Crippen LogP contribution in [0.25, 0.3) is 11.1 Å². The third-order valence-corrected chi connectivity index (χ3v) is 2.72. The Morgan fingerprint density at radius 2 is 2.07 bits per heavy atom. The summed E-state index contributed by atoms with van der Waals surface area (Å²) >= 11 is 1.33. The molecule has 1 heterocycles. The highest BCUT2D eigenvalue weighted by Crippen LogP contribution is 2.31. The van der Waals surface area contributed by atoms with Gasteiger partial charge < -0.3 is 9.84 Å². The Morgan fingerprint density at radius 3 is 2.71 bits per heavy atom. The molecule has 1 aromatic heterocycles. The molecule has 0 bridgehead atoms. The fourth-order valence-corrected chi connectivity index (χ4v) is 1.93. The summed E-state index contributed by atoms with van der Waals surface area (Å²) in [6, 6.07) is 9.52. The Labute approximate surface area is 86.4 Å². The number of benzene rings is 1. The van der Waals surface area contributed by atoms with Gasteiger partial charge in [-0.3, -0.25) is 0 Å². The normalized spacial score (nSPS) is 10.1. The fourth-order valence-electron chi connectivity index (χ4n) is 1.28. The lowest BCUT2D eigenvalue weighted by Crippen LogP contribution is -1.82. The molecule has 0 atom stereocenters. The van der Waals surface area contributed by atoms with Crippen molar-refractivity contribution in [3.63, 3.8) is 0 Å². The van der Waals surface area contributed by atoms with E-state index in [1.165, 1.54) is 11.3 Å². The average molecular weight is 206 g/mol. The minimum absolute atomic E-state index is 0.336. The first kappa shape index (κ1) is 9.09. The van der Waals surface area contributed by atoms with Crippen LogP contribution in [0.5, 0.6) is 10.8 Å². The molecule has 0 aliphatic carbocycles. The Hall–Kier alpha value is -1.48. The maximum absolute atomic E-state index is 9.23. The van der Waals surface area contributed by atoms with E-state index in [1.807, 2.05) is 29.6 Å². The number of methoxy groups -OCH3 is 1. The van der Waals surface area contributed by atoms with Crippen molar-refractivity contribution in [2.45, 2.75) is 0 Å². The number of rotatable bonds is 2. The van der Waals surface area contributed by atoms with Crippen LogP contribution in [0.4, 0.5) is 0 Å². The fraction of sp³-hybridized carbons (Fsp3) is 0.0909. The summed E-state index contributed by atoms with van der Waals surface area (Å²) < 4.78 is 5.12. The van der Waals surface area contributed by atoms with Crippen molar-refractivity contribution in [3.8, 4) is 21.9 Å². The van der Waals surface area contributed by atoms with Crippen LogP contribution in [0, 0.1) is 0 Å². The third-order valence-electron chi connectivity index (χ3n) is 1.99. The monoisotopic (exact) mass is 206 g/mol. The van der Waals surface area contributed by atoms with Gasteiger partial charge in [0.05, 0.1) is 7.11 Å². The molecule has 0 aliphatic rings. The zero-order valence-electron chi connectivity index (χ0n) is 7.73. The Bertz CT molecular complexity index is 434. The van der Waals surface area contributed by atoms with Gasteiger partial charge in [0.1, 0.15) is 5.75 Å². The van der Waals surface area contributed by atoms with Gasteiger partial charge in [-0.25, -0.2) is 0 Å². The molecule has 1 aromatic carbocycles. The van der Waals surface area contributed by atoms with Gasteiger partial charge in [-0.2, -0.15) is 0 Å². The van der Waals surface area contributed by atoms with E-state index < -0.39 is 0 Å². The quantitative estimate of drug-likeness (QED) is 0.818. The Balaban J connectivity index is 2.41. The zero-order valence-corrected chi connectivity index (χ0v) is 8.54. The van der Waals surface area contributed by atoms with E-state index in [-0.39, 0.29) is 0 Å². The van der Waals surface area contributed by atoms with Crippen molar-refractivity contribution in [1.82, 2.24) is 0 Å². The van der Waals surface area contributed by atoms with Crippen LogP contribution in [0.2, 0.25) is 0 Å². The van der Waals surface area contributed by atoms with Crippen molar-refractivity contribution in [2.75, 3.05) is 7.11 Å². The van der Waals surface area contributed by atoms with Gasteiger partial charge in [-0.05, 0) is 29.3 Å². The van der Waals surface area contributed by atoms with Gasteiger partial charge in [-0.15, -0.1) is 11.3 Å². The number of hydrogen-bond donors (Lipinski definition) is 1. The summed E-state index contributed by atoms with van der Waals surface area (Å²) in [6.07, 6.45) is 0. The van der Waals surface area contributed by atoms with E-state index in [0.717, 1.165) is 16.9 Å². The molecule has 0 unspecified atom stereocenters. The molecule has 0 fully saturated rings. The zero-order chi connectivity index (χ0) is 9.97. The maximum Gasteiger partial charge on any atom is 0.171 e. The SMILES string of the molecule is COc1cccc(-c2csc(O)c2)c1. The van der Waals surface area contributed by atoms with Crippen LogP contribution >= 0.6 is 11.3 Å². The highest BCUT2D eigenvalue weighted by atomic mass is 32.1. The van der Waals surface area contributed by atoms with E-state index in [2.05, 4.69) is 0 Å². The van der Waals surface area contributed by atoms with E-state index in [9.17, 15) is 5.11 Å². The van der Waals surface area contributed by atoms with E-state index in [1.54, 1.807) is 13.2 Å². The number of hydrogen-bond acceptors (Lipinski definition) is 3. The molecule has 2 aromatic rings. The van der Waals surface area contributed by atoms with Gasteiger partial charge in [-0.1, -0.05) is 12.1 Å². The first-order valence-corrected chi connectivity index (χ1v) is 5.09. The molecular weight excluding hydrogens is 196 g/mol. The molecule has 0 saturated heterocycles. The summed E-state index contributed by atoms with van der Waals surface area (Å²) in [5.74, 6) is 0.827. The van der Waals surface area contributed by atoms with Crippen LogP contribution in [0.3, 0.4) is 0 Å². The van der Waals surface area contributed by atoms with Gasteiger partial charge in [0.25, 0.3) is 0 Å². The lowest BCUT2D eigenvalue weighted by Gasteiger charge is -2.01. The first-order valence-electron chi connectivity index (χ1n) is 4.21. The largest absolute Gasteiger partial charge is 0.499 e. The Kier molecular flexibility index (Phi) is 2.41. The highest BCUT2D eigenvalue weighted by molar-refractivity contribution is 7.12. The molecule has 0 aliphatic heterocycles. The van der Waals surface area contributed by atoms with Gasteiger partial charge in [0.2, 0.25) is 0 Å². The molecule has 72 valence electrons. The molecule has 0 spiro atoms. The van der Waals surface area contributed by atoms with Crippen LogP contribution in [-0.2, 0) is 0 Å². The minimum atomic E-state index is 0.336. The minimum Gasteiger partial charge on any atom is -0.499 e. The summed E-state index contributed by atoms with van der Waals surface area (Å²) in [4.78, 5) is 0. The van der Waals surface area contributed by atoms with Crippen LogP contribution in [0.1, 0.15) is 0 Å². The summed E-state index contributed by atoms with van der Waals surface area (Å²) in [5, 5.41) is 11.5. The maximum atomic E-state index is 9.23. The predicted molar refractivity (Wildman–Crippen MR) is 58.0 cm³/mol. The van der Waals surface area contributed by atoms with Crippen molar-refractivity contribution >= 4 is 11.3 Å². The molecule has 3 heteroatoms. The van der Waals surface area contributed by atoms with Crippen LogP contribution in [-0.4, -0.2) is 12.2 Å². The van der Waals surface area contributed by atoms with Crippen molar-refractivity contribution in [2.24, 2.45) is 0 Å². The van der Waals surface area contributed by atoms with Crippen LogP contribution < -0.4 is 4.74 Å². The topological polar surface area (TPSA) is 29.5 Å². The summed E-state index contributed by atoms with van der Waals surface area (Å²) in [7, 11) is 1.64. The second-order valence-corrected chi connectivity index (χ2v) is 3.80. The molecular formula is C11H10O2S. The number of thiophene rings is 1.